The SMILES string of the molecule is CCOc1c(Cl)cc(/C=N\NC(=O)C(=O)Nc2ccc(C)cc2)cc1Cl. The maximum Gasteiger partial charge on any atom is 0.329 e. The molecule has 0 aromatic heterocycles. The number of halogens is 2. The van der Waals surface area contributed by atoms with Crippen LogP contribution in [0.4, 0.5) is 5.69 Å². The van der Waals surface area contributed by atoms with Gasteiger partial charge in [-0.3, -0.25) is 9.59 Å². The predicted molar refractivity (Wildman–Crippen MR) is 103 cm³/mol. The van der Waals surface area contributed by atoms with Crippen molar-refractivity contribution < 1.29 is 14.3 Å². The van der Waals surface area contributed by atoms with Crippen LogP contribution in [-0.2, 0) is 9.59 Å². The van der Waals surface area contributed by atoms with Crippen LogP contribution in [-0.4, -0.2) is 24.6 Å². The molecule has 26 heavy (non-hydrogen) atoms. The van der Waals surface area contributed by atoms with Crippen LogP contribution in [0.3, 0.4) is 0 Å². The Kier molecular flexibility index (Phi) is 7.00. The number of aryl methyl sites for hydroxylation is 1. The fourth-order valence-electron chi connectivity index (χ4n) is 1.98. The van der Waals surface area contributed by atoms with Crippen molar-refractivity contribution in [3.63, 3.8) is 0 Å². The smallest absolute Gasteiger partial charge is 0.329 e. The number of nitrogens with one attached hydrogen (secondary N) is 2. The van der Waals surface area contributed by atoms with Gasteiger partial charge in [-0.05, 0) is 43.7 Å². The lowest BCUT2D eigenvalue weighted by Crippen LogP contribution is -2.32. The fourth-order valence-corrected chi connectivity index (χ4v) is 2.59. The summed E-state index contributed by atoms with van der Waals surface area (Å²) in [7, 11) is 0. The molecule has 0 saturated heterocycles. The molecule has 2 rings (SSSR count). The van der Waals surface area contributed by atoms with Gasteiger partial charge in [-0.15, -0.1) is 0 Å². The van der Waals surface area contributed by atoms with Crippen molar-refractivity contribution in [2.45, 2.75) is 13.8 Å². The molecule has 2 aromatic rings. The first-order chi connectivity index (χ1) is 12.4. The Morgan fingerprint density at radius 1 is 1.12 bits per heavy atom. The number of benzene rings is 2. The normalized spacial score (nSPS) is 10.6. The molecule has 0 saturated carbocycles. The Hall–Kier alpha value is -2.57. The van der Waals surface area contributed by atoms with E-state index in [0.29, 0.717) is 33.7 Å². The van der Waals surface area contributed by atoms with Crippen molar-refractivity contribution in [3.8, 4) is 5.75 Å². The molecule has 136 valence electrons. The number of carbonyl (C=O) groups is 2. The zero-order chi connectivity index (χ0) is 19.1. The third-order valence-corrected chi connectivity index (χ3v) is 3.77. The lowest BCUT2D eigenvalue weighted by Gasteiger charge is -2.08. The molecule has 0 aliphatic carbocycles. The first kappa shape index (κ1) is 19.8. The lowest BCUT2D eigenvalue weighted by molar-refractivity contribution is -0.136. The van der Waals surface area contributed by atoms with E-state index in [2.05, 4.69) is 15.8 Å². The zero-order valence-electron chi connectivity index (χ0n) is 14.2. The second-order valence-electron chi connectivity index (χ2n) is 5.27. The number of amides is 2. The minimum Gasteiger partial charge on any atom is -0.491 e. The molecule has 0 spiro atoms. The van der Waals surface area contributed by atoms with Crippen LogP contribution in [0.2, 0.25) is 10.0 Å². The molecule has 0 heterocycles. The summed E-state index contributed by atoms with van der Waals surface area (Å²) >= 11 is 12.2. The van der Waals surface area contributed by atoms with Gasteiger partial charge in [0.2, 0.25) is 0 Å². The summed E-state index contributed by atoms with van der Waals surface area (Å²) in [5, 5.41) is 6.85. The molecule has 0 aliphatic rings. The van der Waals surface area contributed by atoms with Gasteiger partial charge in [0.05, 0.1) is 22.9 Å². The summed E-state index contributed by atoms with van der Waals surface area (Å²) in [5.74, 6) is -1.34. The molecular formula is C18H17Cl2N3O3. The molecule has 0 unspecified atom stereocenters. The van der Waals surface area contributed by atoms with E-state index in [0.717, 1.165) is 5.56 Å². The first-order valence-corrected chi connectivity index (χ1v) is 8.49. The standard InChI is InChI=1S/C18H17Cl2N3O3/c1-3-26-16-14(19)8-12(9-15(16)20)10-21-23-18(25)17(24)22-13-6-4-11(2)5-7-13/h4-10H,3H2,1-2H3,(H,22,24)(H,23,25)/b21-10-. The summed E-state index contributed by atoms with van der Waals surface area (Å²) in [6, 6.07) is 10.2. The van der Waals surface area contributed by atoms with E-state index >= 15 is 0 Å². The van der Waals surface area contributed by atoms with Gasteiger partial charge < -0.3 is 10.1 Å². The Bertz CT molecular complexity index is 813. The van der Waals surface area contributed by atoms with E-state index in [1.165, 1.54) is 6.21 Å². The molecule has 2 aromatic carbocycles. The van der Waals surface area contributed by atoms with Crippen LogP contribution in [0.5, 0.6) is 5.75 Å². The summed E-state index contributed by atoms with van der Waals surface area (Å²) in [6.07, 6.45) is 1.32. The van der Waals surface area contributed by atoms with E-state index in [1.54, 1.807) is 24.3 Å². The molecule has 6 nitrogen and oxygen atoms in total. The minimum absolute atomic E-state index is 0.323. The van der Waals surface area contributed by atoms with E-state index in [-0.39, 0.29) is 0 Å². The monoisotopic (exact) mass is 393 g/mol. The van der Waals surface area contributed by atoms with Gasteiger partial charge in [-0.25, -0.2) is 5.43 Å². The van der Waals surface area contributed by atoms with Crippen molar-refractivity contribution in [2.24, 2.45) is 5.10 Å². The molecule has 0 fully saturated rings. The molecule has 2 N–H and O–H groups in total. The quantitative estimate of drug-likeness (QED) is 0.460. The number of anilines is 1. The van der Waals surface area contributed by atoms with Gasteiger partial charge in [-0.1, -0.05) is 40.9 Å². The average Bonchev–Trinajstić information content (AvgIpc) is 2.60. The van der Waals surface area contributed by atoms with Crippen molar-refractivity contribution >= 4 is 46.9 Å². The molecule has 2 amide bonds. The Labute approximate surface area is 161 Å². The van der Waals surface area contributed by atoms with Crippen molar-refractivity contribution in [1.29, 1.82) is 0 Å². The Morgan fingerprint density at radius 2 is 1.73 bits per heavy atom. The second-order valence-corrected chi connectivity index (χ2v) is 6.08. The number of rotatable bonds is 5. The maximum atomic E-state index is 11.8. The summed E-state index contributed by atoms with van der Waals surface area (Å²) in [4.78, 5) is 23.6. The highest BCUT2D eigenvalue weighted by molar-refractivity contribution is 6.39. The van der Waals surface area contributed by atoms with Crippen LogP contribution in [0.15, 0.2) is 41.5 Å². The van der Waals surface area contributed by atoms with Gasteiger partial charge in [0.1, 0.15) is 0 Å². The molecule has 0 radical (unpaired) electrons. The van der Waals surface area contributed by atoms with E-state index in [4.69, 9.17) is 27.9 Å². The molecule has 8 heteroatoms. The molecule has 0 bridgehead atoms. The predicted octanol–water partition coefficient (Wildman–Crippen LogP) is 3.79. The van der Waals surface area contributed by atoms with Crippen LogP contribution >= 0.6 is 23.2 Å². The third kappa shape index (κ3) is 5.47. The lowest BCUT2D eigenvalue weighted by atomic mass is 10.2. The number of ether oxygens (including phenoxy) is 1. The highest BCUT2D eigenvalue weighted by Gasteiger charge is 2.13. The Balaban J connectivity index is 1.95. The van der Waals surface area contributed by atoms with Crippen LogP contribution in [0, 0.1) is 6.92 Å². The fraction of sp³-hybridized carbons (Fsp3) is 0.167. The maximum absolute atomic E-state index is 11.8. The van der Waals surface area contributed by atoms with Gasteiger partial charge >= 0.3 is 11.8 Å². The number of hydrogen-bond acceptors (Lipinski definition) is 4. The highest BCUT2D eigenvalue weighted by Crippen LogP contribution is 2.33. The van der Waals surface area contributed by atoms with Crippen LogP contribution in [0.1, 0.15) is 18.1 Å². The topological polar surface area (TPSA) is 79.8 Å². The number of nitrogens with zero attached hydrogens (tertiary/aromatic N) is 1. The summed E-state index contributed by atoms with van der Waals surface area (Å²) < 4.78 is 5.33. The number of hydrogen-bond donors (Lipinski definition) is 2. The van der Waals surface area contributed by atoms with Crippen molar-refractivity contribution in [1.82, 2.24) is 5.43 Å². The van der Waals surface area contributed by atoms with Crippen molar-refractivity contribution in [3.05, 3.63) is 57.6 Å². The average molecular weight is 394 g/mol. The second kappa shape index (κ2) is 9.22. The molecular weight excluding hydrogens is 377 g/mol. The van der Waals surface area contributed by atoms with Gasteiger partial charge in [0, 0.05) is 5.69 Å². The minimum atomic E-state index is -0.898. The molecule has 0 atom stereocenters. The van der Waals surface area contributed by atoms with Crippen molar-refractivity contribution in [2.75, 3.05) is 11.9 Å². The van der Waals surface area contributed by atoms with Crippen LogP contribution in [0.25, 0.3) is 0 Å². The highest BCUT2D eigenvalue weighted by atomic mass is 35.5. The summed E-state index contributed by atoms with van der Waals surface area (Å²) in [5.41, 5.74) is 4.25. The van der Waals surface area contributed by atoms with Gasteiger partial charge in [0.15, 0.2) is 5.75 Å². The van der Waals surface area contributed by atoms with Gasteiger partial charge in [0.25, 0.3) is 0 Å². The van der Waals surface area contributed by atoms with Gasteiger partial charge in [-0.2, -0.15) is 5.10 Å². The number of carbonyl (C=O) groups excluding carboxylic acids is 2. The van der Waals surface area contributed by atoms with Crippen LogP contribution < -0.4 is 15.5 Å². The van der Waals surface area contributed by atoms with E-state index < -0.39 is 11.8 Å². The number of hydrazone groups is 1. The first-order valence-electron chi connectivity index (χ1n) is 7.73. The largest absolute Gasteiger partial charge is 0.491 e. The Morgan fingerprint density at radius 3 is 2.31 bits per heavy atom. The van der Waals surface area contributed by atoms with E-state index in [9.17, 15) is 9.59 Å². The third-order valence-electron chi connectivity index (χ3n) is 3.20. The molecule has 0 aliphatic heterocycles. The van der Waals surface area contributed by atoms with E-state index in [1.807, 2.05) is 26.0 Å². The zero-order valence-corrected chi connectivity index (χ0v) is 15.7. The summed E-state index contributed by atoms with van der Waals surface area (Å²) in [6.45, 7) is 4.17.